The van der Waals surface area contributed by atoms with Gasteiger partial charge in [-0.1, -0.05) is 29.8 Å². The van der Waals surface area contributed by atoms with E-state index in [0.29, 0.717) is 35.9 Å². The van der Waals surface area contributed by atoms with Crippen LogP contribution in [0.25, 0.3) is 0 Å². The fourth-order valence-electron chi connectivity index (χ4n) is 2.99. The summed E-state index contributed by atoms with van der Waals surface area (Å²) < 4.78 is 0. The molecule has 27 heavy (non-hydrogen) atoms. The minimum absolute atomic E-state index is 0.123. The van der Waals surface area contributed by atoms with Crippen LogP contribution < -0.4 is 5.32 Å². The molecular formula is C19H21ClN4O3. The summed E-state index contributed by atoms with van der Waals surface area (Å²) in [5, 5.41) is 15.1. The molecule has 8 heteroatoms. The van der Waals surface area contributed by atoms with Gasteiger partial charge < -0.3 is 15.1 Å². The van der Waals surface area contributed by atoms with Crippen molar-refractivity contribution in [3.63, 3.8) is 0 Å². The van der Waals surface area contributed by atoms with Gasteiger partial charge >= 0.3 is 0 Å². The summed E-state index contributed by atoms with van der Waals surface area (Å²) >= 11 is 6.13. The summed E-state index contributed by atoms with van der Waals surface area (Å²) in [7, 11) is 2.01. The van der Waals surface area contributed by atoms with Crippen LogP contribution in [0.1, 0.15) is 15.9 Å². The van der Waals surface area contributed by atoms with E-state index in [0.717, 1.165) is 18.7 Å². The van der Waals surface area contributed by atoms with E-state index in [-0.39, 0.29) is 11.6 Å². The molecule has 1 fully saturated rings. The number of rotatable bonds is 5. The summed E-state index contributed by atoms with van der Waals surface area (Å²) in [5.41, 5.74) is 1.40. The van der Waals surface area contributed by atoms with Crippen LogP contribution in [0, 0.1) is 10.1 Å². The van der Waals surface area contributed by atoms with E-state index < -0.39 is 4.92 Å². The number of benzene rings is 2. The Balaban J connectivity index is 1.77. The van der Waals surface area contributed by atoms with Gasteiger partial charge in [-0.15, -0.1) is 0 Å². The normalized spacial score (nSPS) is 14.8. The van der Waals surface area contributed by atoms with Crippen LogP contribution in [-0.2, 0) is 6.54 Å². The van der Waals surface area contributed by atoms with Crippen LogP contribution in [0.3, 0.4) is 0 Å². The van der Waals surface area contributed by atoms with Gasteiger partial charge in [-0.2, -0.15) is 0 Å². The quantitative estimate of drug-likeness (QED) is 0.628. The summed E-state index contributed by atoms with van der Waals surface area (Å²) in [5.74, 6) is -0.177. The molecule has 7 nitrogen and oxygen atoms in total. The molecule has 0 spiro atoms. The Hall–Kier alpha value is -2.64. The first-order valence-corrected chi connectivity index (χ1v) is 9.07. The van der Waals surface area contributed by atoms with Gasteiger partial charge in [0.1, 0.15) is 5.69 Å². The van der Waals surface area contributed by atoms with Crippen molar-refractivity contribution >= 4 is 28.9 Å². The first-order valence-electron chi connectivity index (χ1n) is 8.69. The Morgan fingerprint density at radius 1 is 1.19 bits per heavy atom. The zero-order valence-electron chi connectivity index (χ0n) is 15.0. The Morgan fingerprint density at radius 2 is 1.89 bits per heavy atom. The van der Waals surface area contributed by atoms with Gasteiger partial charge in [0.2, 0.25) is 0 Å². The predicted octanol–water partition coefficient (Wildman–Crippen LogP) is 3.25. The summed E-state index contributed by atoms with van der Waals surface area (Å²) in [6.07, 6.45) is 0. The number of hydrogen-bond acceptors (Lipinski definition) is 5. The average Bonchev–Trinajstić information content (AvgIpc) is 2.67. The Labute approximate surface area is 162 Å². The lowest BCUT2D eigenvalue weighted by atomic mass is 10.1. The van der Waals surface area contributed by atoms with Crippen LogP contribution in [0.5, 0.6) is 0 Å². The van der Waals surface area contributed by atoms with Crippen molar-refractivity contribution in [2.75, 3.05) is 38.5 Å². The third-order valence-corrected chi connectivity index (χ3v) is 5.03. The van der Waals surface area contributed by atoms with Gasteiger partial charge in [0, 0.05) is 49.4 Å². The van der Waals surface area contributed by atoms with Gasteiger partial charge in [-0.25, -0.2) is 0 Å². The third kappa shape index (κ3) is 4.56. The average molecular weight is 389 g/mol. The largest absolute Gasteiger partial charge is 0.375 e. The molecule has 142 valence electrons. The number of nitro groups is 1. The maximum absolute atomic E-state index is 12.7. The molecule has 0 radical (unpaired) electrons. The number of nitrogens with zero attached hydrogens (tertiary/aromatic N) is 3. The van der Waals surface area contributed by atoms with Crippen molar-refractivity contribution in [2.24, 2.45) is 0 Å². The molecule has 0 unspecified atom stereocenters. The predicted molar refractivity (Wildman–Crippen MR) is 105 cm³/mol. The number of carbonyl (C=O) groups excluding carboxylic acids is 1. The number of hydrogen-bond donors (Lipinski definition) is 1. The van der Waals surface area contributed by atoms with E-state index in [1.165, 1.54) is 6.07 Å². The Kier molecular flexibility index (Phi) is 5.93. The van der Waals surface area contributed by atoms with E-state index in [1.54, 1.807) is 23.1 Å². The fraction of sp³-hybridized carbons (Fsp3) is 0.316. The first kappa shape index (κ1) is 19.1. The number of halogens is 1. The van der Waals surface area contributed by atoms with E-state index in [4.69, 9.17) is 11.6 Å². The van der Waals surface area contributed by atoms with Gasteiger partial charge in [0.15, 0.2) is 0 Å². The molecule has 3 rings (SSSR count). The lowest BCUT2D eigenvalue weighted by molar-refractivity contribution is -0.384. The van der Waals surface area contributed by atoms with Crippen LogP contribution in [-0.4, -0.2) is 53.9 Å². The van der Waals surface area contributed by atoms with Crippen molar-refractivity contribution in [3.05, 3.63) is 68.7 Å². The van der Waals surface area contributed by atoms with Gasteiger partial charge in [0.05, 0.1) is 4.92 Å². The number of piperazine rings is 1. The highest BCUT2D eigenvalue weighted by Gasteiger charge is 2.23. The summed E-state index contributed by atoms with van der Waals surface area (Å²) in [6, 6.07) is 11.9. The molecule has 1 heterocycles. The monoisotopic (exact) mass is 388 g/mol. The molecule has 2 aromatic carbocycles. The number of anilines is 1. The molecule has 1 aliphatic rings. The number of nitrogens with one attached hydrogen (secondary N) is 1. The number of amides is 1. The first-order chi connectivity index (χ1) is 13.0. The summed E-state index contributed by atoms with van der Waals surface area (Å²) in [4.78, 5) is 27.6. The number of likely N-dealkylation sites (N-methyl/N-ethyl adjacent to an activating group) is 1. The van der Waals surface area contributed by atoms with Crippen LogP contribution in [0.15, 0.2) is 42.5 Å². The topological polar surface area (TPSA) is 78.7 Å². The van der Waals surface area contributed by atoms with Gasteiger partial charge in [-0.3, -0.25) is 14.9 Å². The Bertz CT molecular complexity index is 851. The third-order valence-electron chi connectivity index (χ3n) is 4.66. The van der Waals surface area contributed by atoms with Crippen LogP contribution in [0.4, 0.5) is 11.4 Å². The zero-order chi connectivity index (χ0) is 19.4. The fourth-order valence-corrected chi connectivity index (χ4v) is 3.19. The van der Waals surface area contributed by atoms with Crippen molar-refractivity contribution in [2.45, 2.75) is 6.54 Å². The van der Waals surface area contributed by atoms with Crippen molar-refractivity contribution < 1.29 is 9.72 Å². The molecule has 0 bridgehead atoms. The minimum Gasteiger partial charge on any atom is -0.375 e. The number of carbonyl (C=O) groups is 1. The maximum Gasteiger partial charge on any atom is 0.293 e. The van der Waals surface area contributed by atoms with Gasteiger partial charge in [0.25, 0.3) is 11.6 Å². The standard InChI is InChI=1S/C19H21ClN4O3/c1-22-8-10-23(11-9-22)19(25)14-6-7-17(18(12-14)24(26)27)21-13-15-4-2-3-5-16(15)20/h2-7,12,21H,8-11,13H2,1H3. The van der Waals surface area contributed by atoms with E-state index >= 15 is 0 Å². The highest BCUT2D eigenvalue weighted by molar-refractivity contribution is 6.31. The Morgan fingerprint density at radius 3 is 2.56 bits per heavy atom. The van der Waals surface area contributed by atoms with E-state index in [2.05, 4.69) is 10.2 Å². The van der Waals surface area contributed by atoms with Crippen LogP contribution >= 0.6 is 11.6 Å². The molecule has 1 amide bonds. The SMILES string of the molecule is CN1CCN(C(=O)c2ccc(NCc3ccccc3Cl)c([N+](=O)[O-])c2)CC1. The van der Waals surface area contributed by atoms with Gasteiger partial charge in [-0.05, 0) is 30.8 Å². The van der Waals surface area contributed by atoms with Crippen molar-refractivity contribution in [1.29, 1.82) is 0 Å². The molecule has 2 aromatic rings. The highest BCUT2D eigenvalue weighted by Crippen LogP contribution is 2.27. The van der Waals surface area contributed by atoms with E-state index in [9.17, 15) is 14.9 Å². The smallest absolute Gasteiger partial charge is 0.293 e. The lowest BCUT2D eigenvalue weighted by Crippen LogP contribution is -2.47. The number of nitro benzene ring substituents is 1. The van der Waals surface area contributed by atoms with Crippen molar-refractivity contribution in [3.8, 4) is 0 Å². The highest BCUT2D eigenvalue weighted by atomic mass is 35.5. The zero-order valence-corrected chi connectivity index (χ0v) is 15.8. The molecule has 0 saturated carbocycles. The molecule has 0 aliphatic carbocycles. The van der Waals surface area contributed by atoms with E-state index in [1.807, 2.05) is 25.2 Å². The second kappa shape index (κ2) is 8.37. The molecule has 1 N–H and O–H groups in total. The maximum atomic E-state index is 12.7. The second-order valence-electron chi connectivity index (χ2n) is 6.53. The summed E-state index contributed by atoms with van der Waals surface area (Å²) in [6.45, 7) is 3.19. The second-order valence-corrected chi connectivity index (χ2v) is 6.94. The van der Waals surface area contributed by atoms with Crippen molar-refractivity contribution in [1.82, 2.24) is 9.80 Å². The molecular weight excluding hydrogens is 368 g/mol. The molecule has 0 aromatic heterocycles. The molecule has 1 saturated heterocycles. The molecule has 0 atom stereocenters. The minimum atomic E-state index is -0.476. The molecule has 1 aliphatic heterocycles. The lowest BCUT2D eigenvalue weighted by Gasteiger charge is -2.32. The van der Waals surface area contributed by atoms with Crippen LogP contribution in [0.2, 0.25) is 5.02 Å².